The van der Waals surface area contributed by atoms with Crippen molar-refractivity contribution < 1.29 is 27.6 Å². The number of nitrogen functional groups attached to an aromatic ring is 1. The average molecular weight is 603 g/mol. The molecule has 1 fully saturated rings. The first-order chi connectivity index (χ1) is 20.9. The average Bonchev–Trinajstić information content (AvgIpc) is 3.12. The number of nitrogens with two attached hydrogens (primary N) is 2. The molecule has 1 aliphatic rings. The third kappa shape index (κ3) is 6.39. The molecule has 1 heterocycles. The highest BCUT2D eigenvalue weighted by atomic mass is 19.4. The van der Waals surface area contributed by atoms with Gasteiger partial charge in [-0.1, -0.05) is 66.7 Å². The van der Waals surface area contributed by atoms with Crippen molar-refractivity contribution in [1.29, 1.82) is 0 Å². The fourth-order valence-electron chi connectivity index (χ4n) is 5.94. The van der Waals surface area contributed by atoms with Crippen molar-refractivity contribution in [3.8, 4) is 0 Å². The van der Waals surface area contributed by atoms with E-state index in [4.69, 9.17) is 11.5 Å². The third-order valence-corrected chi connectivity index (χ3v) is 8.21. The number of nitrogens with zero attached hydrogens (tertiary/aromatic N) is 2. The van der Waals surface area contributed by atoms with E-state index in [1.165, 1.54) is 21.9 Å². The molecular formula is C34H33F3N4O3. The zero-order valence-electron chi connectivity index (χ0n) is 24.1. The number of anilines is 1. The highest BCUT2D eigenvalue weighted by molar-refractivity contribution is 5.94. The summed E-state index contributed by atoms with van der Waals surface area (Å²) >= 11 is 0. The van der Waals surface area contributed by atoms with Crippen molar-refractivity contribution in [3.63, 3.8) is 0 Å². The van der Waals surface area contributed by atoms with Gasteiger partial charge in [-0.25, -0.2) is 0 Å². The van der Waals surface area contributed by atoms with Crippen LogP contribution in [0.15, 0.2) is 91.0 Å². The van der Waals surface area contributed by atoms with Crippen molar-refractivity contribution in [2.24, 2.45) is 5.73 Å². The molecule has 1 unspecified atom stereocenters. The standard InChI is InChI=1S/C34H33F3N4O3/c1-21-16-17-40(29(32(39)43)20-24-8-4-7-23-6-2-3-11-28(23)24)33(44)31(25-9-5-10-26(19-25)34(35,36)37)41(21)30(42)18-22-12-14-27(38)15-13-22/h2-15,19,21,29,31H,16-18,20,38H2,1H3,(H2,39,43)/t21-,29?,31+/m1/s1. The normalized spacial score (nSPS) is 18.2. The van der Waals surface area contributed by atoms with Gasteiger partial charge in [0.2, 0.25) is 11.8 Å². The maximum absolute atomic E-state index is 14.5. The number of rotatable bonds is 7. The van der Waals surface area contributed by atoms with Gasteiger partial charge in [-0.3, -0.25) is 14.4 Å². The molecule has 3 atom stereocenters. The maximum atomic E-state index is 14.5. The first kappa shape index (κ1) is 30.6. The van der Waals surface area contributed by atoms with Gasteiger partial charge in [0.05, 0.1) is 12.0 Å². The number of carbonyl (C=O) groups excluding carboxylic acids is 3. The second-order valence-electron chi connectivity index (χ2n) is 11.2. The topological polar surface area (TPSA) is 110 Å². The summed E-state index contributed by atoms with van der Waals surface area (Å²) in [5.41, 5.74) is 12.7. The Hall–Kier alpha value is -4.86. The van der Waals surface area contributed by atoms with Crippen LogP contribution in [0, 0.1) is 0 Å². The number of primary amides is 1. The Balaban J connectivity index is 1.57. The van der Waals surface area contributed by atoms with Gasteiger partial charge in [-0.2, -0.15) is 13.2 Å². The molecule has 0 aliphatic carbocycles. The number of carbonyl (C=O) groups is 3. The molecule has 1 aliphatic heterocycles. The number of amides is 3. The van der Waals surface area contributed by atoms with E-state index < -0.39 is 47.6 Å². The van der Waals surface area contributed by atoms with Crippen LogP contribution in [0.2, 0.25) is 0 Å². The molecule has 0 bridgehead atoms. The molecule has 7 nitrogen and oxygen atoms in total. The van der Waals surface area contributed by atoms with Gasteiger partial charge in [0.25, 0.3) is 5.91 Å². The molecular weight excluding hydrogens is 569 g/mol. The van der Waals surface area contributed by atoms with Crippen LogP contribution in [0.3, 0.4) is 0 Å². The summed E-state index contributed by atoms with van der Waals surface area (Å²) in [5, 5.41) is 1.84. The summed E-state index contributed by atoms with van der Waals surface area (Å²) in [5.74, 6) is -1.85. The minimum atomic E-state index is -4.67. The lowest BCUT2D eigenvalue weighted by molar-refractivity contribution is -0.148. The van der Waals surface area contributed by atoms with Crippen molar-refractivity contribution in [2.75, 3.05) is 12.3 Å². The van der Waals surface area contributed by atoms with Crippen molar-refractivity contribution in [3.05, 3.63) is 113 Å². The van der Waals surface area contributed by atoms with Crippen LogP contribution in [-0.2, 0) is 33.4 Å². The van der Waals surface area contributed by atoms with Gasteiger partial charge in [0, 0.05) is 24.7 Å². The predicted molar refractivity (Wildman–Crippen MR) is 162 cm³/mol. The number of hydrogen-bond donors (Lipinski definition) is 2. The zero-order chi connectivity index (χ0) is 31.6. The second-order valence-corrected chi connectivity index (χ2v) is 11.2. The van der Waals surface area contributed by atoms with E-state index in [1.807, 2.05) is 42.5 Å². The van der Waals surface area contributed by atoms with Crippen LogP contribution in [0.4, 0.5) is 18.9 Å². The minimum absolute atomic E-state index is 0.00242. The Labute approximate surface area is 253 Å². The number of halogens is 3. The molecule has 10 heteroatoms. The Morgan fingerprint density at radius 3 is 2.34 bits per heavy atom. The van der Waals surface area contributed by atoms with Crippen LogP contribution >= 0.6 is 0 Å². The quantitative estimate of drug-likeness (QED) is 0.281. The summed E-state index contributed by atoms with van der Waals surface area (Å²) < 4.78 is 41.4. The Morgan fingerprint density at radius 2 is 1.64 bits per heavy atom. The minimum Gasteiger partial charge on any atom is -0.399 e. The van der Waals surface area contributed by atoms with E-state index in [9.17, 15) is 27.6 Å². The van der Waals surface area contributed by atoms with Crippen molar-refractivity contribution >= 4 is 34.2 Å². The molecule has 5 rings (SSSR count). The van der Waals surface area contributed by atoms with E-state index in [2.05, 4.69) is 0 Å². The van der Waals surface area contributed by atoms with Gasteiger partial charge in [0.15, 0.2) is 0 Å². The lowest BCUT2D eigenvalue weighted by atomic mass is 9.96. The Morgan fingerprint density at radius 1 is 0.955 bits per heavy atom. The van der Waals surface area contributed by atoms with Gasteiger partial charge in [-0.15, -0.1) is 0 Å². The summed E-state index contributed by atoms with van der Waals surface area (Å²) in [7, 11) is 0. The van der Waals surface area contributed by atoms with Crippen molar-refractivity contribution in [1.82, 2.24) is 9.80 Å². The van der Waals surface area contributed by atoms with Crippen LogP contribution in [-0.4, -0.2) is 46.1 Å². The lowest BCUT2D eigenvalue weighted by Gasteiger charge is -2.36. The van der Waals surface area contributed by atoms with E-state index in [0.717, 1.165) is 28.5 Å². The molecule has 4 N–H and O–H groups in total. The summed E-state index contributed by atoms with van der Waals surface area (Å²) in [4.78, 5) is 44.0. The number of fused-ring (bicyclic) bond motifs is 1. The molecule has 44 heavy (non-hydrogen) atoms. The molecule has 0 aromatic heterocycles. The molecule has 228 valence electrons. The fourth-order valence-corrected chi connectivity index (χ4v) is 5.94. The molecule has 0 spiro atoms. The first-order valence-electron chi connectivity index (χ1n) is 14.3. The van der Waals surface area contributed by atoms with E-state index >= 15 is 0 Å². The summed E-state index contributed by atoms with van der Waals surface area (Å²) in [6, 6.07) is 21.3. The van der Waals surface area contributed by atoms with E-state index in [0.29, 0.717) is 11.3 Å². The highest BCUT2D eigenvalue weighted by Gasteiger charge is 2.43. The van der Waals surface area contributed by atoms with E-state index in [1.54, 1.807) is 31.2 Å². The SMILES string of the molecule is C[C@@H]1CCN(C(Cc2cccc3ccccc23)C(N)=O)C(=O)[C@H](c2cccc(C(F)(F)F)c2)N1C(=O)Cc1ccc(N)cc1. The molecule has 0 radical (unpaired) electrons. The lowest BCUT2D eigenvalue weighted by Crippen LogP contribution is -2.52. The van der Waals surface area contributed by atoms with Gasteiger partial charge in [0.1, 0.15) is 12.1 Å². The van der Waals surface area contributed by atoms with Crippen LogP contribution in [0.25, 0.3) is 10.8 Å². The summed E-state index contributed by atoms with van der Waals surface area (Å²) in [6.07, 6.45) is -4.37. The smallest absolute Gasteiger partial charge is 0.399 e. The largest absolute Gasteiger partial charge is 0.416 e. The number of benzene rings is 4. The van der Waals surface area contributed by atoms with Crippen molar-refractivity contribution in [2.45, 2.75) is 50.5 Å². The molecule has 4 aromatic rings. The summed E-state index contributed by atoms with van der Waals surface area (Å²) in [6.45, 7) is 1.84. The second kappa shape index (κ2) is 12.4. The Bertz CT molecular complexity index is 1680. The van der Waals surface area contributed by atoms with E-state index in [-0.39, 0.29) is 31.4 Å². The maximum Gasteiger partial charge on any atom is 0.416 e. The van der Waals surface area contributed by atoms with Gasteiger partial charge < -0.3 is 21.3 Å². The van der Waals surface area contributed by atoms with Gasteiger partial charge in [-0.05, 0) is 65.1 Å². The number of hydrogen-bond acceptors (Lipinski definition) is 4. The Kier molecular flexibility index (Phi) is 8.62. The van der Waals surface area contributed by atoms with Crippen LogP contribution in [0.5, 0.6) is 0 Å². The van der Waals surface area contributed by atoms with Gasteiger partial charge >= 0.3 is 6.18 Å². The zero-order valence-corrected chi connectivity index (χ0v) is 24.1. The highest BCUT2D eigenvalue weighted by Crippen LogP contribution is 2.36. The third-order valence-electron chi connectivity index (χ3n) is 8.21. The predicted octanol–water partition coefficient (Wildman–Crippen LogP) is 5.27. The van der Waals surface area contributed by atoms with Crippen LogP contribution in [0.1, 0.15) is 41.6 Å². The fraction of sp³-hybridized carbons (Fsp3) is 0.265. The first-order valence-corrected chi connectivity index (χ1v) is 14.3. The molecule has 0 saturated carbocycles. The molecule has 3 amide bonds. The molecule has 4 aromatic carbocycles. The number of alkyl halides is 3. The van der Waals surface area contributed by atoms with Crippen LogP contribution < -0.4 is 11.5 Å². The monoisotopic (exact) mass is 602 g/mol. The molecule has 1 saturated heterocycles.